The predicted molar refractivity (Wildman–Crippen MR) is 119 cm³/mol. The zero-order chi connectivity index (χ0) is 21.8. The Morgan fingerprint density at radius 3 is 2.45 bits per heavy atom. The molecule has 2 aromatic carbocycles. The highest BCUT2D eigenvalue weighted by Crippen LogP contribution is 2.29. The zero-order valence-electron chi connectivity index (χ0n) is 17.1. The number of hydrogen-bond donors (Lipinski definition) is 0. The van der Waals surface area contributed by atoms with E-state index in [0.29, 0.717) is 22.9 Å². The van der Waals surface area contributed by atoms with E-state index in [0.717, 1.165) is 5.56 Å². The number of rotatable bonds is 7. The lowest BCUT2D eigenvalue weighted by atomic mass is 10.1. The van der Waals surface area contributed by atoms with Gasteiger partial charge >= 0.3 is 0 Å². The Bertz CT molecular complexity index is 1060. The average Bonchev–Trinajstić information content (AvgIpc) is 3.42. The van der Waals surface area contributed by atoms with E-state index in [1.165, 1.54) is 21.1 Å². The van der Waals surface area contributed by atoms with Crippen LogP contribution < -0.4 is 9.64 Å². The van der Waals surface area contributed by atoms with Crippen LogP contribution in [0.5, 0.6) is 5.75 Å². The molecule has 0 radical (unpaired) electrons. The van der Waals surface area contributed by atoms with Crippen LogP contribution in [0.15, 0.2) is 72.1 Å². The first-order chi connectivity index (χ1) is 15.1. The lowest BCUT2D eigenvalue weighted by Gasteiger charge is -2.27. The van der Waals surface area contributed by atoms with Gasteiger partial charge in [0.2, 0.25) is 5.91 Å². The van der Waals surface area contributed by atoms with Crippen LogP contribution in [0, 0.1) is 0 Å². The second-order valence-electron chi connectivity index (χ2n) is 7.11. The van der Waals surface area contributed by atoms with Crippen molar-refractivity contribution in [1.82, 2.24) is 4.90 Å². The van der Waals surface area contributed by atoms with Crippen molar-refractivity contribution in [2.75, 3.05) is 11.5 Å². The lowest BCUT2D eigenvalue weighted by Crippen LogP contribution is -2.44. The first-order valence-corrected chi connectivity index (χ1v) is 10.9. The maximum absolute atomic E-state index is 13.3. The summed E-state index contributed by atoms with van der Waals surface area (Å²) in [6.07, 6.45) is -0.0456. The topological polar surface area (TPSA) is 66.9 Å². The van der Waals surface area contributed by atoms with Gasteiger partial charge in [0.25, 0.3) is 11.8 Å². The van der Waals surface area contributed by atoms with E-state index >= 15 is 0 Å². The van der Waals surface area contributed by atoms with Crippen molar-refractivity contribution in [3.8, 4) is 5.75 Å². The molecule has 1 fully saturated rings. The van der Waals surface area contributed by atoms with Gasteiger partial charge in [0.1, 0.15) is 11.8 Å². The smallest absolute Gasteiger partial charge is 0.264 e. The summed E-state index contributed by atoms with van der Waals surface area (Å²) >= 11 is 1.32. The third kappa shape index (κ3) is 4.36. The molecule has 3 amide bonds. The van der Waals surface area contributed by atoms with Crippen LogP contribution in [0.1, 0.15) is 28.6 Å². The molecule has 1 unspecified atom stereocenters. The number of carbonyl (C=O) groups excluding carboxylic acids is 3. The average molecular weight is 435 g/mol. The van der Waals surface area contributed by atoms with Gasteiger partial charge in [0.05, 0.1) is 23.6 Å². The van der Waals surface area contributed by atoms with Crippen molar-refractivity contribution in [3.63, 3.8) is 0 Å². The number of anilines is 1. The van der Waals surface area contributed by atoms with Crippen molar-refractivity contribution in [2.24, 2.45) is 0 Å². The summed E-state index contributed by atoms with van der Waals surface area (Å²) in [5.74, 6) is -0.301. The van der Waals surface area contributed by atoms with Gasteiger partial charge in [0.15, 0.2) is 0 Å². The largest absolute Gasteiger partial charge is 0.494 e. The van der Waals surface area contributed by atoms with E-state index in [1.54, 1.807) is 36.4 Å². The minimum atomic E-state index is -0.853. The first-order valence-electron chi connectivity index (χ1n) is 10.1. The van der Waals surface area contributed by atoms with Crippen LogP contribution >= 0.6 is 11.3 Å². The molecule has 1 saturated heterocycles. The normalized spacial score (nSPS) is 15.9. The molecule has 1 aliphatic heterocycles. The number of ether oxygens (including phenoxy) is 1. The van der Waals surface area contributed by atoms with Gasteiger partial charge in [-0.1, -0.05) is 36.4 Å². The molecule has 31 heavy (non-hydrogen) atoms. The number of imide groups is 1. The quantitative estimate of drug-likeness (QED) is 0.525. The second kappa shape index (κ2) is 9.14. The molecule has 0 N–H and O–H groups in total. The van der Waals surface area contributed by atoms with Gasteiger partial charge in [-0.25, -0.2) is 4.90 Å². The highest BCUT2D eigenvalue weighted by molar-refractivity contribution is 7.12. The Hall–Kier alpha value is -3.45. The number of thiophene rings is 1. The van der Waals surface area contributed by atoms with Crippen LogP contribution in [0.25, 0.3) is 0 Å². The van der Waals surface area contributed by atoms with Crippen LogP contribution in [-0.2, 0) is 16.1 Å². The maximum atomic E-state index is 13.3. The van der Waals surface area contributed by atoms with Gasteiger partial charge in [-0.05, 0) is 48.2 Å². The Balaban J connectivity index is 1.62. The van der Waals surface area contributed by atoms with Crippen molar-refractivity contribution >= 4 is 34.7 Å². The van der Waals surface area contributed by atoms with E-state index in [-0.39, 0.29) is 24.8 Å². The fourth-order valence-corrected chi connectivity index (χ4v) is 4.31. The molecule has 2 heterocycles. The fraction of sp³-hybridized carbons (Fsp3) is 0.208. The van der Waals surface area contributed by atoms with Gasteiger partial charge in [-0.15, -0.1) is 11.3 Å². The van der Waals surface area contributed by atoms with E-state index in [2.05, 4.69) is 0 Å². The Kier molecular flexibility index (Phi) is 6.13. The standard InChI is InChI=1S/C24H22N2O4S/c1-2-30-19-12-10-18(11-13-19)26-22(27)15-20(23(26)28)25(16-17-7-4-3-5-8-17)24(29)21-9-6-14-31-21/h3-14,20H,2,15-16H2,1H3. The van der Waals surface area contributed by atoms with Crippen LogP contribution in [0.3, 0.4) is 0 Å². The molecule has 1 atom stereocenters. The van der Waals surface area contributed by atoms with Gasteiger partial charge in [0, 0.05) is 6.54 Å². The molecule has 3 aromatic rings. The summed E-state index contributed by atoms with van der Waals surface area (Å²) in [6, 6.07) is 19.0. The Morgan fingerprint density at radius 1 is 1.06 bits per heavy atom. The molecular formula is C24H22N2O4S. The number of hydrogen-bond acceptors (Lipinski definition) is 5. The van der Waals surface area contributed by atoms with Gasteiger partial charge < -0.3 is 9.64 Å². The van der Waals surface area contributed by atoms with Crippen molar-refractivity contribution < 1.29 is 19.1 Å². The summed E-state index contributed by atoms with van der Waals surface area (Å²) in [7, 11) is 0. The molecule has 1 aliphatic rings. The third-order valence-corrected chi connectivity index (χ3v) is 5.95. The molecule has 0 aliphatic carbocycles. The summed E-state index contributed by atoms with van der Waals surface area (Å²) in [5, 5.41) is 1.82. The molecule has 0 saturated carbocycles. The molecule has 1 aromatic heterocycles. The van der Waals surface area contributed by atoms with Crippen molar-refractivity contribution in [2.45, 2.75) is 25.9 Å². The van der Waals surface area contributed by atoms with Crippen molar-refractivity contribution in [1.29, 1.82) is 0 Å². The monoisotopic (exact) mass is 434 g/mol. The summed E-state index contributed by atoms with van der Waals surface area (Å²) < 4.78 is 5.44. The zero-order valence-corrected chi connectivity index (χ0v) is 17.9. The number of nitrogens with zero attached hydrogens (tertiary/aromatic N) is 2. The van der Waals surface area contributed by atoms with Crippen molar-refractivity contribution in [3.05, 3.63) is 82.6 Å². The maximum Gasteiger partial charge on any atom is 0.264 e. The molecule has 7 heteroatoms. The van der Waals surface area contributed by atoms with E-state index in [1.807, 2.05) is 42.6 Å². The van der Waals surface area contributed by atoms with Gasteiger partial charge in [-0.3, -0.25) is 14.4 Å². The molecule has 0 bridgehead atoms. The number of amides is 3. The number of benzene rings is 2. The minimum absolute atomic E-state index is 0.0456. The van der Waals surface area contributed by atoms with E-state index < -0.39 is 11.9 Å². The number of carbonyl (C=O) groups is 3. The second-order valence-corrected chi connectivity index (χ2v) is 8.06. The molecular weight excluding hydrogens is 412 g/mol. The lowest BCUT2D eigenvalue weighted by molar-refractivity contribution is -0.122. The first kappa shape index (κ1) is 20.8. The van der Waals surface area contributed by atoms with Crippen LogP contribution in [0.2, 0.25) is 0 Å². The predicted octanol–water partition coefficient (Wildman–Crippen LogP) is 4.12. The molecule has 158 valence electrons. The highest BCUT2D eigenvalue weighted by atomic mass is 32.1. The summed E-state index contributed by atoms with van der Waals surface area (Å²) in [6.45, 7) is 2.67. The highest BCUT2D eigenvalue weighted by Gasteiger charge is 2.44. The molecule has 4 rings (SSSR count). The fourth-order valence-electron chi connectivity index (χ4n) is 3.63. The third-order valence-electron chi connectivity index (χ3n) is 5.09. The Morgan fingerprint density at radius 2 is 1.81 bits per heavy atom. The SMILES string of the molecule is CCOc1ccc(N2C(=O)CC(N(Cc3ccccc3)C(=O)c3cccs3)C2=O)cc1. The van der Waals surface area contributed by atoms with Crippen LogP contribution in [-0.4, -0.2) is 35.3 Å². The Labute approximate surface area is 184 Å². The van der Waals surface area contributed by atoms with E-state index in [4.69, 9.17) is 4.74 Å². The summed E-state index contributed by atoms with van der Waals surface area (Å²) in [5.41, 5.74) is 1.37. The summed E-state index contributed by atoms with van der Waals surface area (Å²) in [4.78, 5) is 42.6. The van der Waals surface area contributed by atoms with Crippen LogP contribution in [0.4, 0.5) is 5.69 Å². The van der Waals surface area contributed by atoms with Gasteiger partial charge in [-0.2, -0.15) is 0 Å². The molecule has 0 spiro atoms. The molecule has 6 nitrogen and oxygen atoms in total. The minimum Gasteiger partial charge on any atom is -0.494 e. The van der Waals surface area contributed by atoms with E-state index in [9.17, 15) is 14.4 Å².